The fraction of sp³-hybridized carbons (Fsp3) is 0.133. The third-order valence-electron chi connectivity index (χ3n) is 2.92. The second-order valence-electron chi connectivity index (χ2n) is 4.40. The zero-order valence-corrected chi connectivity index (χ0v) is 10.8. The molecule has 4 nitrogen and oxygen atoms in total. The van der Waals surface area contributed by atoms with E-state index in [1.165, 1.54) is 12.1 Å². The minimum atomic E-state index is -0.658. The smallest absolute Gasteiger partial charge is 0.221 e. The molecule has 0 heterocycles. The average molecular weight is 274 g/mol. The van der Waals surface area contributed by atoms with Gasteiger partial charge < -0.3 is 16.2 Å². The molecule has 0 atom stereocenters. The van der Waals surface area contributed by atoms with Crippen LogP contribution in [0.1, 0.15) is 11.1 Å². The summed E-state index contributed by atoms with van der Waals surface area (Å²) in [5.74, 6) is -1.45. The molecule has 20 heavy (non-hydrogen) atoms. The largest absolute Gasteiger partial charge is 0.505 e. The van der Waals surface area contributed by atoms with Gasteiger partial charge in [0.2, 0.25) is 5.91 Å². The van der Waals surface area contributed by atoms with E-state index in [-0.39, 0.29) is 18.7 Å². The van der Waals surface area contributed by atoms with Crippen LogP contribution in [0.2, 0.25) is 0 Å². The van der Waals surface area contributed by atoms with Gasteiger partial charge in [-0.25, -0.2) is 4.39 Å². The molecule has 0 aliphatic rings. The lowest BCUT2D eigenvalue weighted by Crippen LogP contribution is -2.15. The lowest BCUT2D eigenvalue weighted by atomic mass is 10.1. The minimum absolute atomic E-state index is 0.123. The van der Waals surface area contributed by atoms with Crippen LogP contribution in [0.3, 0.4) is 0 Å². The number of aromatic hydroxyl groups is 1. The number of halogens is 1. The predicted octanol–water partition coefficient (Wildman–Crippen LogP) is 2.17. The fourth-order valence-electron chi connectivity index (χ4n) is 1.93. The molecule has 2 aromatic rings. The molecule has 0 radical (unpaired) electrons. The first-order valence-corrected chi connectivity index (χ1v) is 6.14. The molecular formula is C15H15FN2O2. The number of phenols is 1. The van der Waals surface area contributed by atoms with E-state index in [1.54, 1.807) is 18.2 Å². The quantitative estimate of drug-likeness (QED) is 0.782. The van der Waals surface area contributed by atoms with Crippen LogP contribution in [0.25, 0.3) is 0 Å². The summed E-state index contributed by atoms with van der Waals surface area (Å²) in [7, 11) is 0. The van der Waals surface area contributed by atoms with Gasteiger partial charge in [0.05, 0.1) is 6.42 Å². The van der Waals surface area contributed by atoms with E-state index >= 15 is 0 Å². The highest BCUT2D eigenvalue weighted by atomic mass is 19.1. The van der Waals surface area contributed by atoms with Crippen LogP contribution in [0.4, 0.5) is 10.1 Å². The molecule has 0 aromatic heterocycles. The number of carbonyl (C=O) groups is 1. The Bertz CT molecular complexity index is 629. The van der Waals surface area contributed by atoms with E-state index in [1.807, 2.05) is 12.1 Å². The van der Waals surface area contributed by atoms with Crippen LogP contribution in [-0.2, 0) is 17.8 Å². The second-order valence-corrected chi connectivity index (χ2v) is 4.40. The Kier molecular flexibility index (Phi) is 4.20. The van der Waals surface area contributed by atoms with Gasteiger partial charge in [0.15, 0.2) is 11.6 Å². The van der Waals surface area contributed by atoms with Gasteiger partial charge in [-0.2, -0.15) is 0 Å². The number of nitrogens with one attached hydrogen (secondary N) is 1. The Balaban J connectivity index is 2.15. The molecule has 0 saturated carbocycles. The van der Waals surface area contributed by atoms with Gasteiger partial charge in [0, 0.05) is 17.8 Å². The van der Waals surface area contributed by atoms with Crippen molar-refractivity contribution >= 4 is 11.6 Å². The summed E-state index contributed by atoms with van der Waals surface area (Å²) in [6.45, 7) is 0.249. The Hall–Kier alpha value is -2.56. The summed E-state index contributed by atoms with van der Waals surface area (Å²) in [4.78, 5) is 11.0. The Morgan fingerprint density at radius 2 is 1.85 bits per heavy atom. The van der Waals surface area contributed by atoms with Crippen molar-refractivity contribution in [3.63, 3.8) is 0 Å². The van der Waals surface area contributed by atoms with Crippen LogP contribution >= 0.6 is 0 Å². The summed E-state index contributed by atoms with van der Waals surface area (Å²) in [6.07, 6.45) is 0.123. The number of carbonyl (C=O) groups excluding carboxylic acids is 1. The number of anilines is 1. The number of phenolic OH excluding ortho intramolecular Hbond substituents is 1. The summed E-state index contributed by atoms with van der Waals surface area (Å²) < 4.78 is 13.2. The monoisotopic (exact) mass is 274 g/mol. The predicted molar refractivity (Wildman–Crippen MR) is 74.7 cm³/mol. The molecule has 4 N–H and O–H groups in total. The molecule has 0 unspecified atom stereocenters. The Labute approximate surface area is 116 Å². The minimum Gasteiger partial charge on any atom is -0.505 e. The van der Waals surface area contributed by atoms with Crippen molar-refractivity contribution in [2.75, 3.05) is 5.32 Å². The molecule has 104 valence electrons. The summed E-state index contributed by atoms with van der Waals surface area (Å²) in [6, 6.07) is 11.6. The standard InChI is InChI=1S/C15H15FN2O2/c16-12-6-3-5-11(15(12)20)9-18-13-7-2-1-4-10(13)8-14(17)19/h1-7,18,20H,8-9H2,(H2,17,19). The van der Waals surface area contributed by atoms with Crippen molar-refractivity contribution in [1.82, 2.24) is 0 Å². The van der Waals surface area contributed by atoms with E-state index in [2.05, 4.69) is 5.32 Å². The first-order valence-electron chi connectivity index (χ1n) is 6.14. The van der Waals surface area contributed by atoms with E-state index in [9.17, 15) is 14.3 Å². The molecular weight excluding hydrogens is 259 g/mol. The maximum atomic E-state index is 13.2. The average Bonchev–Trinajstić information content (AvgIpc) is 2.41. The van der Waals surface area contributed by atoms with Crippen LogP contribution in [-0.4, -0.2) is 11.0 Å². The van der Waals surface area contributed by atoms with Crippen LogP contribution in [0.15, 0.2) is 42.5 Å². The molecule has 0 aliphatic carbocycles. The van der Waals surface area contributed by atoms with E-state index in [4.69, 9.17) is 5.73 Å². The molecule has 0 aliphatic heterocycles. The highest BCUT2D eigenvalue weighted by molar-refractivity contribution is 5.78. The van der Waals surface area contributed by atoms with Crippen molar-refractivity contribution in [2.24, 2.45) is 5.73 Å². The van der Waals surface area contributed by atoms with Crippen LogP contribution < -0.4 is 11.1 Å². The molecule has 0 fully saturated rings. The van der Waals surface area contributed by atoms with E-state index in [0.717, 1.165) is 11.3 Å². The lowest BCUT2D eigenvalue weighted by molar-refractivity contribution is -0.117. The molecule has 5 heteroatoms. The maximum absolute atomic E-state index is 13.2. The number of para-hydroxylation sites is 2. The third-order valence-corrected chi connectivity index (χ3v) is 2.92. The summed E-state index contributed by atoms with van der Waals surface area (Å²) in [5.41, 5.74) is 7.12. The summed E-state index contributed by atoms with van der Waals surface area (Å²) >= 11 is 0. The molecule has 0 bridgehead atoms. The van der Waals surface area contributed by atoms with Gasteiger partial charge in [-0.1, -0.05) is 30.3 Å². The van der Waals surface area contributed by atoms with E-state index < -0.39 is 11.7 Å². The summed E-state index contributed by atoms with van der Waals surface area (Å²) in [5, 5.41) is 12.7. The first kappa shape index (κ1) is 13.9. The number of hydrogen-bond donors (Lipinski definition) is 3. The molecule has 0 saturated heterocycles. The third kappa shape index (κ3) is 3.26. The molecule has 1 amide bonds. The van der Waals surface area contributed by atoms with Gasteiger partial charge in [-0.15, -0.1) is 0 Å². The zero-order valence-electron chi connectivity index (χ0n) is 10.8. The topological polar surface area (TPSA) is 75.4 Å². The Morgan fingerprint density at radius 3 is 2.60 bits per heavy atom. The van der Waals surface area contributed by atoms with Gasteiger partial charge >= 0.3 is 0 Å². The number of amides is 1. The van der Waals surface area contributed by atoms with Crippen LogP contribution in [0, 0.1) is 5.82 Å². The number of primary amides is 1. The number of hydrogen-bond acceptors (Lipinski definition) is 3. The highest BCUT2D eigenvalue weighted by Gasteiger charge is 2.08. The van der Waals surface area contributed by atoms with Crippen molar-refractivity contribution in [3.05, 3.63) is 59.4 Å². The molecule has 2 rings (SSSR count). The van der Waals surface area contributed by atoms with Gasteiger partial charge in [0.1, 0.15) is 0 Å². The molecule has 0 spiro atoms. The fourth-order valence-corrected chi connectivity index (χ4v) is 1.93. The van der Waals surface area contributed by atoms with Crippen LogP contribution in [0.5, 0.6) is 5.75 Å². The number of nitrogens with two attached hydrogens (primary N) is 1. The van der Waals surface area contributed by atoms with Gasteiger partial charge in [-0.3, -0.25) is 4.79 Å². The van der Waals surface area contributed by atoms with Gasteiger partial charge in [0.25, 0.3) is 0 Å². The van der Waals surface area contributed by atoms with Crippen molar-refractivity contribution < 1.29 is 14.3 Å². The SMILES string of the molecule is NC(=O)Cc1ccccc1NCc1cccc(F)c1O. The number of benzene rings is 2. The first-order chi connectivity index (χ1) is 9.58. The lowest BCUT2D eigenvalue weighted by Gasteiger charge is -2.12. The number of rotatable bonds is 5. The van der Waals surface area contributed by atoms with Crippen molar-refractivity contribution in [1.29, 1.82) is 0 Å². The van der Waals surface area contributed by atoms with Gasteiger partial charge in [-0.05, 0) is 17.7 Å². The van der Waals surface area contributed by atoms with E-state index in [0.29, 0.717) is 5.56 Å². The highest BCUT2D eigenvalue weighted by Crippen LogP contribution is 2.23. The normalized spacial score (nSPS) is 10.2. The molecule has 2 aromatic carbocycles. The van der Waals surface area contributed by atoms with Crippen molar-refractivity contribution in [2.45, 2.75) is 13.0 Å². The second kappa shape index (κ2) is 6.06. The Morgan fingerprint density at radius 1 is 1.15 bits per heavy atom. The zero-order chi connectivity index (χ0) is 14.5. The van der Waals surface area contributed by atoms with Crippen molar-refractivity contribution in [3.8, 4) is 5.75 Å². The maximum Gasteiger partial charge on any atom is 0.221 e.